The van der Waals surface area contributed by atoms with Gasteiger partial charge in [-0.2, -0.15) is 5.10 Å². The first kappa shape index (κ1) is 13.4. The Morgan fingerprint density at radius 2 is 1.95 bits per heavy atom. The molecular formula is C13H12N4O3S. The van der Waals surface area contributed by atoms with Crippen LogP contribution < -0.4 is 4.72 Å². The van der Waals surface area contributed by atoms with E-state index in [4.69, 9.17) is 0 Å². The molecule has 8 heteroatoms. The van der Waals surface area contributed by atoms with Crippen molar-refractivity contribution in [1.29, 1.82) is 0 Å². The average molecular weight is 304 g/mol. The highest BCUT2D eigenvalue weighted by atomic mass is 32.2. The molecular weight excluding hydrogens is 292 g/mol. The molecule has 108 valence electrons. The maximum Gasteiger partial charge on any atom is 0.266 e. The summed E-state index contributed by atoms with van der Waals surface area (Å²) in [5.74, 6) is 0.127. The Labute approximate surface area is 121 Å². The molecule has 1 aromatic carbocycles. The summed E-state index contributed by atoms with van der Waals surface area (Å²) < 4.78 is 33.1. The lowest BCUT2D eigenvalue weighted by Gasteiger charge is -2.02. The zero-order valence-electron chi connectivity index (χ0n) is 11.1. The molecule has 2 heterocycles. The normalized spacial score (nSPS) is 11.5. The number of hydrogen-bond donors (Lipinski definition) is 1. The van der Waals surface area contributed by atoms with Gasteiger partial charge in [-0.1, -0.05) is 23.4 Å². The van der Waals surface area contributed by atoms with E-state index in [-0.39, 0.29) is 10.7 Å². The van der Waals surface area contributed by atoms with Gasteiger partial charge in [-0.3, -0.25) is 4.72 Å². The third kappa shape index (κ3) is 2.65. The van der Waals surface area contributed by atoms with Crippen LogP contribution in [0, 0.1) is 6.92 Å². The summed E-state index contributed by atoms with van der Waals surface area (Å²) in [5.41, 5.74) is 1.18. The summed E-state index contributed by atoms with van der Waals surface area (Å²) in [5, 5.41) is 7.76. The molecule has 7 nitrogen and oxygen atoms in total. The largest absolute Gasteiger partial charge is 0.363 e. The molecule has 0 aliphatic rings. The summed E-state index contributed by atoms with van der Waals surface area (Å²) in [7, 11) is -3.76. The highest BCUT2D eigenvalue weighted by Crippen LogP contribution is 2.19. The van der Waals surface area contributed by atoms with Crippen molar-refractivity contribution < 1.29 is 12.9 Å². The number of aromatic nitrogens is 3. The number of nitrogens with zero attached hydrogens (tertiary/aromatic N) is 3. The first-order valence-electron chi connectivity index (χ1n) is 6.11. The van der Waals surface area contributed by atoms with Crippen molar-refractivity contribution in [2.75, 3.05) is 4.72 Å². The topological polar surface area (TPSA) is 90.0 Å². The average Bonchev–Trinajstić information content (AvgIpc) is 3.09. The Hall–Kier alpha value is -2.61. The predicted octanol–water partition coefficient (Wildman–Crippen LogP) is 1.97. The van der Waals surface area contributed by atoms with E-state index >= 15 is 0 Å². The Morgan fingerprint density at radius 3 is 2.62 bits per heavy atom. The fourth-order valence-corrected chi connectivity index (χ4v) is 3.04. The van der Waals surface area contributed by atoms with Crippen LogP contribution in [0.15, 0.2) is 58.3 Å². The minimum absolute atomic E-state index is 0.0920. The first-order chi connectivity index (χ1) is 10.1. The zero-order chi connectivity index (χ0) is 14.9. The molecule has 1 N–H and O–H groups in total. The Balaban J connectivity index is 1.98. The molecule has 3 rings (SSSR count). The van der Waals surface area contributed by atoms with Gasteiger partial charge in [0.2, 0.25) is 0 Å². The van der Waals surface area contributed by atoms with E-state index in [1.165, 1.54) is 23.2 Å². The van der Waals surface area contributed by atoms with E-state index in [2.05, 4.69) is 19.5 Å². The van der Waals surface area contributed by atoms with E-state index in [0.717, 1.165) is 5.69 Å². The van der Waals surface area contributed by atoms with Crippen molar-refractivity contribution >= 4 is 15.8 Å². The molecule has 0 unspecified atom stereocenters. The lowest BCUT2D eigenvalue weighted by Crippen LogP contribution is -2.13. The quantitative estimate of drug-likeness (QED) is 0.796. The molecule has 0 aliphatic carbocycles. The van der Waals surface area contributed by atoms with Gasteiger partial charge in [-0.05, 0) is 19.1 Å². The van der Waals surface area contributed by atoms with Crippen LogP contribution in [0.25, 0.3) is 5.69 Å². The summed E-state index contributed by atoms with van der Waals surface area (Å²) in [6.45, 7) is 1.64. The zero-order valence-corrected chi connectivity index (χ0v) is 11.9. The minimum atomic E-state index is -3.76. The molecule has 0 spiro atoms. The van der Waals surface area contributed by atoms with Gasteiger partial charge in [0.25, 0.3) is 10.0 Å². The molecule has 21 heavy (non-hydrogen) atoms. The fraction of sp³-hybridized carbons (Fsp3) is 0.0769. The molecule has 0 radical (unpaired) electrons. The number of anilines is 1. The van der Waals surface area contributed by atoms with Gasteiger partial charge in [0.05, 0.1) is 17.6 Å². The second-order valence-electron chi connectivity index (χ2n) is 4.35. The summed E-state index contributed by atoms with van der Waals surface area (Å²) in [6.07, 6.45) is 2.76. The van der Waals surface area contributed by atoms with Crippen LogP contribution >= 0.6 is 0 Å². The second-order valence-corrected chi connectivity index (χ2v) is 6.00. The van der Waals surface area contributed by atoms with E-state index in [1.54, 1.807) is 6.92 Å². The Bertz CT molecular complexity index is 839. The summed E-state index contributed by atoms with van der Waals surface area (Å²) in [4.78, 5) is 0.0920. The number of benzene rings is 1. The predicted molar refractivity (Wildman–Crippen MR) is 75.6 cm³/mol. The number of nitrogens with one attached hydrogen (secondary N) is 1. The first-order valence-corrected chi connectivity index (χ1v) is 7.59. The van der Waals surface area contributed by atoms with Crippen molar-refractivity contribution in [3.63, 3.8) is 0 Å². The van der Waals surface area contributed by atoms with Crippen molar-refractivity contribution in [1.82, 2.24) is 14.9 Å². The van der Waals surface area contributed by atoms with Gasteiger partial charge >= 0.3 is 0 Å². The van der Waals surface area contributed by atoms with Gasteiger partial charge in [0.1, 0.15) is 11.2 Å². The van der Waals surface area contributed by atoms with Gasteiger partial charge in [-0.15, -0.1) is 0 Å². The van der Waals surface area contributed by atoms with Gasteiger partial charge in [0.15, 0.2) is 5.82 Å². The highest BCUT2D eigenvalue weighted by Gasteiger charge is 2.21. The van der Waals surface area contributed by atoms with E-state index < -0.39 is 10.0 Å². The van der Waals surface area contributed by atoms with Crippen LogP contribution in [0.4, 0.5) is 5.82 Å². The second kappa shape index (κ2) is 5.06. The van der Waals surface area contributed by atoms with Crippen LogP contribution in [0.1, 0.15) is 5.69 Å². The van der Waals surface area contributed by atoms with Crippen molar-refractivity contribution in [3.8, 4) is 5.69 Å². The molecule has 0 bridgehead atoms. The molecule has 0 saturated carbocycles. The van der Waals surface area contributed by atoms with Gasteiger partial charge < -0.3 is 4.52 Å². The lowest BCUT2D eigenvalue weighted by atomic mass is 10.3. The van der Waals surface area contributed by atoms with Crippen LogP contribution in [0.5, 0.6) is 0 Å². The SMILES string of the molecule is Cc1nn(-c2ccccc2)cc1S(=O)(=O)Nc1ccon1. The summed E-state index contributed by atoms with van der Waals surface area (Å²) in [6, 6.07) is 10.7. The fourth-order valence-electron chi connectivity index (χ4n) is 1.88. The van der Waals surface area contributed by atoms with E-state index in [0.29, 0.717) is 5.69 Å². The van der Waals surface area contributed by atoms with Crippen molar-refractivity contribution in [3.05, 3.63) is 54.6 Å². The Kier molecular flexibility index (Phi) is 3.22. The van der Waals surface area contributed by atoms with E-state index in [1.807, 2.05) is 30.3 Å². The third-order valence-corrected chi connectivity index (χ3v) is 4.30. The summed E-state index contributed by atoms with van der Waals surface area (Å²) >= 11 is 0. The van der Waals surface area contributed by atoms with Gasteiger partial charge in [-0.25, -0.2) is 13.1 Å². The maximum absolute atomic E-state index is 12.3. The van der Waals surface area contributed by atoms with Crippen LogP contribution in [-0.2, 0) is 10.0 Å². The molecule has 0 saturated heterocycles. The molecule has 0 amide bonds. The number of rotatable bonds is 4. The van der Waals surface area contributed by atoms with Crippen molar-refractivity contribution in [2.24, 2.45) is 0 Å². The molecule has 3 aromatic rings. The Morgan fingerprint density at radius 1 is 1.19 bits per heavy atom. The van der Waals surface area contributed by atoms with Gasteiger partial charge in [0, 0.05) is 6.07 Å². The lowest BCUT2D eigenvalue weighted by molar-refractivity contribution is 0.423. The van der Waals surface area contributed by atoms with Crippen molar-refractivity contribution in [2.45, 2.75) is 11.8 Å². The number of sulfonamides is 1. The molecule has 0 atom stereocenters. The molecule has 0 fully saturated rings. The number of aryl methyl sites for hydroxylation is 1. The highest BCUT2D eigenvalue weighted by molar-refractivity contribution is 7.92. The smallest absolute Gasteiger partial charge is 0.266 e. The van der Waals surface area contributed by atoms with Crippen LogP contribution in [-0.4, -0.2) is 23.4 Å². The molecule has 2 aromatic heterocycles. The van der Waals surface area contributed by atoms with E-state index in [9.17, 15) is 8.42 Å². The monoisotopic (exact) mass is 304 g/mol. The van der Waals surface area contributed by atoms with Crippen LogP contribution in [0.2, 0.25) is 0 Å². The maximum atomic E-state index is 12.3. The van der Waals surface area contributed by atoms with Crippen LogP contribution in [0.3, 0.4) is 0 Å². The standard InChI is InChI=1S/C13H12N4O3S/c1-10-12(21(18,19)16-13-7-8-20-15-13)9-17(14-10)11-5-3-2-4-6-11/h2-9H,1H3,(H,15,16). The minimum Gasteiger partial charge on any atom is -0.363 e. The third-order valence-electron chi connectivity index (χ3n) is 2.84. The number of para-hydroxylation sites is 1. The molecule has 0 aliphatic heterocycles. The number of hydrogen-bond acceptors (Lipinski definition) is 5.